The molecule has 2 fully saturated rings. The number of likely N-dealkylation sites (N-methyl/N-ethyl adjacent to an activating group) is 1. The predicted molar refractivity (Wildman–Crippen MR) is 93.8 cm³/mol. The highest BCUT2D eigenvalue weighted by atomic mass is 16.5. The molecule has 0 radical (unpaired) electrons. The molecule has 2 amide bonds. The van der Waals surface area contributed by atoms with Gasteiger partial charge in [-0.05, 0) is 25.6 Å². The van der Waals surface area contributed by atoms with Gasteiger partial charge < -0.3 is 24.6 Å². The topological polar surface area (TPSA) is 71.1 Å². The van der Waals surface area contributed by atoms with Crippen molar-refractivity contribution in [1.29, 1.82) is 0 Å². The predicted octanol–water partition coefficient (Wildman–Crippen LogP) is 1.05. The van der Waals surface area contributed by atoms with Gasteiger partial charge in [0.15, 0.2) is 11.5 Å². The van der Waals surface area contributed by atoms with Crippen LogP contribution in [0.4, 0.5) is 5.69 Å². The van der Waals surface area contributed by atoms with Gasteiger partial charge in [0.05, 0.1) is 26.1 Å². The molecular weight excluding hydrogens is 322 g/mol. The molecule has 1 saturated heterocycles. The maximum atomic E-state index is 12.5. The summed E-state index contributed by atoms with van der Waals surface area (Å²) in [6.07, 6.45) is 0.629. The third-order valence-electron chi connectivity index (χ3n) is 4.91. The average Bonchev–Trinajstić information content (AvgIpc) is 3.42. The highest BCUT2D eigenvalue weighted by molar-refractivity contribution is 5.99. The maximum absolute atomic E-state index is 12.5. The van der Waals surface area contributed by atoms with Crippen LogP contribution in [0.3, 0.4) is 0 Å². The first kappa shape index (κ1) is 17.5. The van der Waals surface area contributed by atoms with E-state index in [-0.39, 0.29) is 23.7 Å². The van der Waals surface area contributed by atoms with Gasteiger partial charge in [-0.2, -0.15) is 0 Å². The third kappa shape index (κ3) is 3.87. The summed E-state index contributed by atoms with van der Waals surface area (Å²) >= 11 is 0. The lowest BCUT2D eigenvalue weighted by Crippen LogP contribution is -2.48. The molecule has 1 aromatic rings. The van der Waals surface area contributed by atoms with Gasteiger partial charge in [0.25, 0.3) is 0 Å². The van der Waals surface area contributed by atoms with E-state index < -0.39 is 0 Å². The average molecular weight is 347 g/mol. The molecule has 1 aliphatic carbocycles. The van der Waals surface area contributed by atoms with Crippen molar-refractivity contribution in [3.63, 3.8) is 0 Å². The molecule has 1 N–H and O–H groups in total. The van der Waals surface area contributed by atoms with E-state index in [1.807, 2.05) is 4.90 Å². The summed E-state index contributed by atoms with van der Waals surface area (Å²) in [5.74, 6) is 0.750. The molecule has 25 heavy (non-hydrogen) atoms. The molecular formula is C18H25N3O4. The fourth-order valence-electron chi connectivity index (χ4n) is 3.17. The quantitative estimate of drug-likeness (QED) is 0.862. The van der Waals surface area contributed by atoms with Gasteiger partial charge in [-0.3, -0.25) is 9.59 Å². The van der Waals surface area contributed by atoms with E-state index in [1.165, 1.54) is 0 Å². The minimum absolute atomic E-state index is 0.111. The van der Waals surface area contributed by atoms with Gasteiger partial charge in [0.1, 0.15) is 0 Å². The second kappa shape index (κ2) is 7.31. The largest absolute Gasteiger partial charge is 0.493 e. The Morgan fingerprint density at radius 1 is 1.04 bits per heavy atom. The number of piperazine rings is 1. The van der Waals surface area contributed by atoms with E-state index in [0.29, 0.717) is 23.6 Å². The molecule has 1 aromatic carbocycles. The van der Waals surface area contributed by atoms with E-state index >= 15 is 0 Å². The van der Waals surface area contributed by atoms with Crippen LogP contribution in [0.25, 0.3) is 0 Å². The van der Waals surface area contributed by atoms with Crippen LogP contribution in [0.5, 0.6) is 11.5 Å². The lowest BCUT2D eigenvalue weighted by Gasteiger charge is -2.32. The zero-order chi connectivity index (χ0) is 18.0. The lowest BCUT2D eigenvalue weighted by atomic mass is 10.2. The number of benzene rings is 1. The second-order valence-corrected chi connectivity index (χ2v) is 6.64. The normalized spacial score (nSPS) is 23.1. The highest BCUT2D eigenvalue weighted by Gasteiger charge is 2.49. The second-order valence-electron chi connectivity index (χ2n) is 6.64. The fourth-order valence-corrected chi connectivity index (χ4v) is 3.17. The minimum atomic E-state index is -0.236. The van der Waals surface area contributed by atoms with Crippen molar-refractivity contribution in [2.75, 3.05) is 52.8 Å². The zero-order valence-electron chi connectivity index (χ0n) is 14.9. The lowest BCUT2D eigenvalue weighted by molar-refractivity contribution is -0.135. The first-order chi connectivity index (χ1) is 12.0. The van der Waals surface area contributed by atoms with Crippen LogP contribution >= 0.6 is 0 Å². The molecule has 7 nitrogen and oxygen atoms in total. The van der Waals surface area contributed by atoms with Gasteiger partial charge in [0, 0.05) is 37.9 Å². The van der Waals surface area contributed by atoms with E-state index in [2.05, 4.69) is 17.3 Å². The molecule has 2 aliphatic rings. The SMILES string of the molecule is COc1ccc(NC(=O)C2CC2C(=O)N2CCN(C)CC2)cc1OC. The standard InChI is InChI=1S/C18H25N3O4/c1-20-6-8-21(9-7-20)18(23)14-11-13(14)17(22)19-12-4-5-15(24-2)16(10-12)25-3/h4-5,10,13-14H,6-9,11H2,1-3H3,(H,19,22). The Bertz CT molecular complexity index is 656. The van der Waals surface area contributed by atoms with Crippen molar-refractivity contribution < 1.29 is 19.1 Å². The van der Waals surface area contributed by atoms with Gasteiger partial charge in [0.2, 0.25) is 11.8 Å². The van der Waals surface area contributed by atoms with Crippen molar-refractivity contribution in [3.8, 4) is 11.5 Å². The Labute approximate surface area is 147 Å². The van der Waals surface area contributed by atoms with Crippen LogP contribution in [0.15, 0.2) is 18.2 Å². The summed E-state index contributed by atoms with van der Waals surface area (Å²) in [4.78, 5) is 29.0. The van der Waals surface area contributed by atoms with E-state index in [4.69, 9.17) is 9.47 Å². The number of rotatable bonds is 5. The molecule has 0 aromatic heterocycles. The van der Waals surface area contributed by atoms with Crippen LogP contribution in [-0.4, -0.2) is 69.1 Å². The van der Waals surface area contributed by atoms with Gasteiger partial charge >= 0.3 is 0 Å². The number of anilines is 1. The Morgan fingerprint density at radius 2 is 1.72 bits per heavy atom. The monoisotopic (exact) mass is 347 g/mol. The van der Waals surface area contributed by atoms with Crippen molar-refractivity contribution in [2.45, 2.75) is 6.42 Å². The molecule has 2 unspecified atom stereocenters. The molecule has 136 valence electrons. The molecule has 2 atom stereocenters. The van der Waals surface area contributed by atoms with E-state index in [0.717, 1.165) is 26.2 Å². The van der Waals surface area contributed by atoms with Crippen LogP contribution in [0, 0.1) is 11.8 Å². The smallest absolute Gasteiger partial charge is 0.228 e. The third-order valence-corrected chi connectivity index (χ3v) is 4.91. The number of nitrogens with one attached hydrogen (secondary N) is 1. The molecule has 0 bridgehead atoms. The van der Waals surface area contributed by atoms with E-state index in [1.54, 1.807) is 32.4 Å². The number of carbonyl (C=O) groups is 2. The molecule has 7 heteroatoms. The fraction of sp³-hybridized carbons (Fsp3) is 0.556. The van der Waals surface area contributed by atoms with Crippen LogP contribution in [0.2, 0.25) is 0 Å². The van der Waals surface area contributed by atoms with Gasteiger partial charge in [-0.1, -0.05) is 0 Å². The number of ether oxygens (including phenoxy) is 2. The van der Waals surface area contributed by atoms with Crippen molar-refractivity contribution >= 4 is 17.5 Å². The number of methoxy groups -OCH3 is 2. The minimum Gasteiger partial charge on any atom is -0.493 e. The van der Waals surface area contributed by atoms with Crippen molar-refractivity contribution in [2.24, 2.45) is 11.8 Å². The zero-order valence-corrected chi connectivity index (χ0v) is 14.9. The number of hydrogen-bond acceptors (Lipinski definition) is 5. The first-order valence-corrected chi connectivity index (χ1v) is 8.53. The summed E-state index contributed by atoms with van der Waals surface area (Å²) in [6.45, 7) is 3.27. The summed E-state index contributed by atoms with van der Waals surface area (Å²) in [7, 11) is 5.17. The number of amides is 2. The van der Waals surface area contributed by atoms with Crippen molar-refractivity contribution in [1.82, 2.24) is 9.80 Å². The number of nitrogens with zero attached hydrogens (tertiary/aromatic N) is 2. The Balaban J connectivity index is 1.56. The number of hydrogen-bond donors (Lipinski definition) is 1. The summed E-state index contributed by atoms with van der Waals surface area (Å²) < 4.78 is 10.4. The van der Waals surface area contributed by atoms with Crippen LogP contribution in [-0.2, 0) is 9.59 Å². The number of carbonyl (C=O) groups excluding carboxylic acids is 2. The first-order valence-electron chi connectivity index (χ1n) is 8.53. The van der Waals surface area contributed by atoms with Crippen molar-refractivity contribution in [3.05, 3.63) is 18.2 Å². The summed E-state index contributed by atoms with van der Waals surface area (Å²) in [5.41, 5.74) is 0.639. The van der Waals surface area contributed by atoms with Gasteiger partial charge in [-0.15, -0.1) is 0 Å². The van der Waals surface area contributed by atoms with Crippen LogP contribution < -0.4 is 14.8 Å². The van der Waals surface area contributed by atoms with Gasteiger partial charge in [-0.25, -0.2) is 0 Å². The molecule has 0 spiro atoms. The Hall–Kier alpha value is -2.28. The molecule has 1 saturated carbocycles. The maximum Gasteiger partial charge on any atom is 0.228 e. The molecule has 1 aliphatic heterocycles. The van der Waals surface area contributed by atoms with Crippen LogP contribution in [0.1, 0.15) is 6.42 Å². The molecule has 3 rings (SSSR count). The summed E-state index contributed by atoms with van der Waals surface area (Å²) in [5, 5.41) is 2.87. The van der Waals surface area contributed by atoms with E-state index in [9.17, 15) is 9.59 Å². The highest BCUT2D eigenvalue weighted by Crippen LogP contribution is 2.41. The molecule has 1 heterocycles. The Kier molecular flexibility index (Phi) is 5.13. The Morgan fingerprint density at radius 3 is 2.36 bits per heavy atom. The summed E-state index contributed by atoms with van der Waals surface area (Å²) in [6, 6.07) is 5.23.